The van der Waals surface area contributed by atoms with E-state index < -0.39 is 0 Å². The highest BCUT2D eigenvalue weighted by Crippen LogP contribution is 2.18. The Labute approximate surface area is 89.0 Å². The van der Waals surface area contributed by atoms with Gasteiger partial charge in [-0.2, -0.15) is 0 Å². The number of alkyl halides is 1. The second kappa shape index (κ2) is 4.64. The van der Waals surface area contributed by atoms with Crippen molar-refractivity contribution in [1.29, 1.82) is 0 Å². The van der Waals surface area contributed by atoms with E-state index >= 15 is 0 Å². The van der Waals surface area contributed by atoms with Gasteiger partial charge in [0.1, 0.15) is 5.88 Å². The molecule has 1 rings (SSSR count). The average molecular weight is 218 g/mol. The smallest absolute Gasteiger partial charge is 0.315 e. The molecule has 0 saturated heterocycles. The Kier molecular flexibility index (Phi) is 3.75. The number of aromatic nitrogens is 2. The van der Waals surface area contributed by atoms with Gasteiger partial charge in [0, 0.05) is 6.54 Å². The van der Waals surface area contributed by atoms with Gasteiger partial charge in [-0.05, 0) is 11.8 Å². The maximum atomic E-state index is 5.52. The van der Waals surface area contributed by atoms with Crippen molar-refractivity contribution in [2.45, 2.75) is 33.1 Å². The third-order valence-corrected chi connectivity index (χ3v) is 1.96. The van der Waals surface area contributed by atoms with Gasteiger partial charge in [0.25, 0.3) is 0 Å². The van der Waals surface area contributed by atoms with Crippen LogP contribution in [0, 0.1) is 5.41 Å². The highest BCUT2D eigenvalue weighted by Gasteiger charge is 2.10. The Hall–Kier alpha value is -0.770. The minimum absolute atomic E-state index is 0.258. The SMILES string of the molecule is CC(C)(C)CCNc1nnc(CCl)o1. The molecule has 1 N–H and O–H groups in total. The first-order valence-corrected chi connectivity index (χ1v) is 5.17. The summed E-state index contributed by atoms with van der Waals surface area (Å²) in [6.07, 6.45) is 1.05. The minimum Gasteiger partial charge on any atom is -0.407 e. The second-order valence-electron chi connectivity index (χ2n) is 4.37. The third kappa shape index (κ3) is 3.96. The van der Waals surface area contributed by atoms with E-state index in [0.717, 1.165) is 13.0 Å². The Morgan fingerprint density at radius 2 is 2.07 bits per heavy atom. The fourth-order valence-corrected chi connectivity index (χ4v) is 1.03. The molecule has 0 spiro atoms. The van der Waals surface area contributed by atoms with Crippen LogP contribution in [0.25, 0.3) is 0 Å². The van der Waals surface area contributed by atoms with E-state index in [1.807, 2.05) is 0 Å². The van der Waals surface area contributed by atoms with Crippen LogP contribution in [0.5, 0.6) is 0 Å². The number of anilines is 1. The molecule has 5 heteroatoms. The summed E-state index contributed by atoms with van der Waals surface area (Å²) in [7, 11) is 0. The van der Waals surface area contributed by atoms with Gasteiger partial charge in [-0.25, -0.2) is 0 Å². The van der Waals surface area contributed by atoms with Crippen LogP contribution in [0.2, 0.25) is 0 Å². The molecule has 0 unspecified atom stereocenters. The fraction of sp³-hybridized carbons (Fsp3) is 0.778. The summed E-state index contributed by atoms with van der Waals surface area (Å²) in [6.45, 7) is 7.39. The monoisotopic (exact) mass is 217 g/mol. The number of halogens is 1. The lowest BCUT2D eigenvalue weighted by Crippen LogP contribution is -2.12. The van der Waals surface area contributed by atoms with Gasteiger partial charge in [-0.3, -0.25) is 0 Å². The Morgan fingerprint density at radius 3 is 2.57 bits per heavy atom. The molecule has 80 valence electrons. The van der Waals surface area contributed by atoms with E-state index in [4.69, 9.17) is 16.0 Å². The number of hydrogen-bond donors (Lipinski definition) is 1. The Balaban J connectivity index is 2.31. The van der Waals surface area contributed by atoms with Crippen LogP contribution in [-0.4, -0.2) is 16.7 Å². The van der Waals surface area contributed by atoms with Crippen LogP contribution in [0.1, 0.15) is 33.1 Å². The summed E-state index contributed by atoms with van der Waals surface area (Å²) in [5.74, 6) is 0.707. The van der Waals surface area contributed by atoms with Crippen molar-refractivity contribution >= 4 is 17.6 Å². The van der Waals surface area contributed by atoms with Crippen LogP contribution in [0.3, 0.4) is 0 Å². The maximum Gasteiger partial charge on any atom is 0.315 e. The number of nitrogens with one attached hydrogen (secondary N) is 1. The zero-order chi connectivity index (χ0) is 10.6. The van der Waals surface area contributed by atoms with Crippen LogP contribution in [0.15, 0.2) is 4.42 Å². The van der Waals surface area contributed by atoms with Gasteiger partial charge >= 0.3 is 6.01 Å². The summed E-state index contributed by atoms with van der Waals surface area (Å²) in [5.41, 5.74) is 0.308. The molecule has 0 amide bonds. The molecule has 0 atom stereocenters. The molecule has 0 aliphatic heterocycles. The summed E-state index contributed by atoms with van der Waals surface area (Å²) >= 11 is 5.52. The van der Waals surface area contributed by atoms with Crippen molar-refractivity contribution in [2.24, 2.45) is 5.41 Å². The Bertz CT molecular complexity index is 280. The Morgan fingerprint density at radius 1 is 1.36 bits per heavy atom. The minimum atomic E-state index is 0.258. The molecule has 4 nitrogen and oxygen atoms in total. The van der Waals surface area contributed by atoms with Gasteiger partial charge in [0.05, 0.1) is 0 Å². The summed E-state index contributed by atoms with van der Waals surface area (Å²) in [5, 5.41) is 10.6. The van der Waals surface area contributed by atoms with E-state index in [1.165, 1.54) is 0 Å². The zero-order valence-corrected chi connectivity index (χ0v) is 9.56. The molecule has 0 aromatic carbocycles. The van der Waals surface area contributed by atoms with E-state index in [1.54, 1.807) is 0 Å². The van der Waals surface area contributed by atoms with Crippen LogP contribution in [0.4, 0.5) is 6.01 Å². The molecule has 0 fully saturated rings. The molecule has 0 aliphatic rings. The fourth-order valence-electron chi connectivity index (χ4n) is 0.923. The standard InChI is InChI=1S/C9H16ClN3O/c1-9(2,3)4-5-11-8-13-12-7(6-10)14-8/h4-6H2,1-3H3,(H,11,13). The molecule has 1 aromatic heterocycles. The second-order valence-corrected chi connectivity index (χ2v) is 4.64. The predicted molar refractivity (Wildman–Crippen MR) is 56.4 cm³/mol. The summed E-state index contributed by atoms with van der Waals surface area (Å²) in [4.78, 5) is 0. The zero-order valence-electron chi connectivity index (χ0n) is 8.80. The van der Waals surface area contributed by atoms with Gasteiger partial charge in [0.2, 0.25) is 5.89 Å². The molecule has 1 heterocycles. The highest BCUT2D eigenvalue weighted by atomic mass is 35.5. The van der Waals surface area contributed by atoms with Gasteiger partial charge < -0.3 is 9.73 Å². The molecular weight excluding hydrogens is 202 g/mol. The predicted octanol–water partition coefficient (Wildman–Crippen LogP) is 2.66. The van der Waals surface area contributed by atoms with E-state index in [9.17, 15) is 0 Å². The van der Waals surface area contributed by atoms with E-state index in [0.29, 0.717) is 17.3 Å². The van der Waals surface area contributed by atoms with Gasteiger partial charge in [0.15, 0.2) is 0 Å². The molecule has 1 aromatic rings. The average Bonchev–Trinajstić information content (AvgIpc) is 2.50. The lowest BCUT2D eigenvalue weighted by molar-refractivity contribution is 0.387. The first kappa shape index (κ1) is 11.3. The highest BCUT2D eigenvalue weighted by molar-refractivity contribution is 6.16. The number of nitrogens with zero attached hydrogens (tertiary/aromatic N) is 2. The van der Waals surface area contributed by atoms with Crippen molar-refractivity contribution in [3.8, 4) is 0 Å². The molecule has 0 bridgehead atoms. The van der Waals surface area contributed by atoms with Crippen molar-refractivity contribution in [1.82, 2.24) is 10.2 Å². The maximum absolute atomic E-state index is 5.52. The molecule has 0 aliphatic carbocycles. The summed E-state index contributed by atoms with van der Waals surface area (Å²) < 4.78 is 5.18. The van der Waals surface area contributed by atoms with Crippen LogP contribution < -0.4 is 5.32 Å². The van der Waals surface area contributed by atoms with E-state index in [-0.39, 0.29) is 5.88 Å². The molecular formula is C9H16ClN3O. The third-order valence-electron chi connectivity index (χ3n) is 1.73. The normalized spacial score (nSPS) is 11.7. The first-order valence-electron chi connectivity index (χ1n) is 4.63. The van der Waals surface area contributed by atoms with E-state index in [2.05, 4.69) is 36.3 Å². The number of rotatable bonds is 4. The number of hydrogen-bond acceptors (Lipinski definition) is 4. The topological polar surface area (TPSA) is 51.0 Å². The summed E-state index contributed by atoms with van der Waals surface area (Å²) in [6, 6.07) is 0.449. The molecule has 14 heavy (non-hydrogen) atoms. The lowest BCUT2D eigenvalue weighted by Gasteiger charge is -2.17. The van der Waals surface area contributed by atoms with Crippen molar-refractivity contribution in [3.63, 3.8) is 0 Å². The van der Waals surface area contributed by atoms with Crippen molar-refractivity contribution in [2.75, 3.05) is 11.9 Å². The van der Waals surface area contributed by atoms with Gasteiger partial charge in [-0.1, -0.05) is 25.9 Å². The molecule has 0 radical (unpaired) electrons. The van der Waals surface area contributed by atoms with Crippen LogP contribution in [-0.2, 0) is 5.88 Å². The largest absolute Gasteiger partial charge is 0.407 e. The molecule has 0 saturated carbocycles. The van der Waals surface area contributed by atoms with Gasteiger partial charge in [-0.15, -0.1) is 16.7 Å². The quantitative estimate of drug-likeness (QED) is 0.788. The lowest BCUT2D eigenvalue weighted by atomic mass is 9.92. The first-order chi connectivity index (χ1) is 6.51. The van der Waals surface area contributed by atoms with Crippen LogP contribution >= 0.6 is 11.6 Å². The van der Waals surface area contributed by atoms with Crippen molar-refractivity contribution < 1.29 is 4.42 Å². The van der Waals surface area contributed by atoms with Crippen molar-refractivity contribution in [3.05, 3.63) is 5.89 Å².